The van der Waals surface area contributed by atoms with E-state index in [4.69, 9.17) is 4.74 Å². The van der Waals surface area contributed by atoms with Crippen LogP contribution >= 0.6 is 0 Å². The van der Waals surface area contributed by atoms with E-state index in [0.717, 1.165) is 18.9 Å². The second-order valence-electron chi connectivity index (χ2n) is 5.87. The maximum Gasteiger partial charge on any atom is 0.417 e. The third kappa shape index (κ3) is 5.09. The first kappa shape index (κ1) is 18.5. The van der Waals surface area contributed by atoms with Gasteiger partial charge in [0.05, 0.1) is 12.2 Å². The molecule has 1 atom stereocenters. The van der Waals surface area contributed by atoms with Crippen molar-refractivity contribution in [2.45, 2.75) is 25.9 Å². The smallest absolute Gasteiger partial charge is 0.381 e. The second kappa shape index (κ2) is 8.33. The van der Waals surface area contributed by atoms with Crippen molar-refractivity contribution in [3.05, 3.63) is 42.0 Å². The summed E-state index contributed by atoms with van der Waals surface area (Å²) in [7, 11) is 0. The molecule has 1 aromatic carbocycles. The Kier molecular flexibility index (Phi) is 6.43. The average Bonchev–Trinajstić information content (AvgIpc) is 2.57. The molecular formula is C18H22F3NO2. The van der Waals surface area contributed by atoms with Crippen LogP contribution in [0.3, 0.4) is 0 Å². The summed E-state index contributed by atoms with van der Waals surface area (Å²) < 4.78 is 45.3. The first-order chi connectivity index (χ1) is 11.4. The van der Waals surface area contributed by atoms with Gasteiger partial charge in [-0.25, -0.2) is 0 Å². The van der Waals surface area contributed by atoms with Gasteiger partial charge in [0.2, 0.25) is 5.91 Å². The van der Waals surface area contributed by atoms with Crippen molar-refractivity contribution in [3.8, 4) is 0 Å². The minimum absolute atomic E-state index is 0.00113. The Hall–Kier alpha value is -1.82. The third-order valence-corrected chi connectivity index (χ3v) is 4.05. The first-order valence-corrected chi connectivity index (χ1v) is 8.12. The Morgan fingerprint density at radius 2 is 2.04 bits per heavy atom. The highest BCUT2D eigenvalue weighted by Gasteiger charge is 2.36. The lowest BCUT2D eigenvalue weighted by atomic mass is 9.98. The summed E-state index contributed by atoms with van der Waals surface area (Å²) in [6.07, 6.45) is -2.14. The number of alkyl halides is 3. The quantitative estimate of drug-likeness (QED) is 0.760. The molecule has 0 spiro atoms. The predicted octanol–water partition coefficient (Wildman–Crippen LogP) is 3.91. The number of piperidine rings is 1. The molecule has 0 bridgehead atoms. The van der Waals surface area contributed by atoms with E-state index in [1.807, 2.05) is 6.92 Å². The molecule has 1 amide bonds. The minimum atomic E-state index is -4.57. The zero-order chi connectivity index (χ0) is 17.6. The van der Waals surface area contributed by atoms with Crippen LogP contribution in [-0.2, 0) is 9.53 Å². The van der Waals surface area contributed by atoms with Gasteiger partial charge in [-0.2, -0.15) is 13.2 Å². The number of halogens is 3. The van der Waals surface area contributed by atoms with E-state index in [0.29, 0.717) is 26.3 Å². The van der Waals surface area contributed by atoms with Gasteiger partial charge in [-0.3, -0.25) is 4.79 Å². The van der Waals surface area contributed by atoms with Gasteiger partial charge in [-0.15, -0.1) is 0 Å². The lowest BCUT2D eigenvalue weighted by Gasteiger charge is -2.32. The SMILES string of the molecule is CCOCC1CCCN(C(=O)C=C(c2ccccc2)C(F)(F)F)C1. The number of benzene rings is 1. The fourth-order valence-corrected chi connectivity index (χ4v) is 2.85. The molecule has 3 nitrogen and oxygen atoms in total. The van der Waals surface area contributed by atoms with Crippen LogP contribution in [-0.4, -0.2) is 43.3 Å². The van der Waals surface area contributed by atoms with Gasteiger partial charge in [-0.1, -0.05) is 30.3 Å². The molecule has 24 heavy (non-hydrogen) atoms. The summed E-state index contributed by atoms with van der Waals surface area (Å²) in [6.45, 7) is 3.95. The van der Waals surface area contributed by atoms with E-state index in [9.17, 15) is 18.0 Å². The van der Waals surface area contributed by atoms with E-state index in [2.05, 4.69) is 0 Å². The molecule has 1 fully saturated rings. The molecule has 1 saturated heterocycles. The molecule has 1 aromatic rings. The third-order valence-electron chi connectivity index (χ3n) is 4.05. The Morgan fingerprint density at radius 3 is 2.67 bits per heavy atom. The highest BCUT2D eigenvalue weighted by Crippen LogP contribution is 2.34. The molecule has 1 aliphatic rings. The maximum atomic E-state index is 13.3. The number of hydrogen-bond acceptors (Lipinski definition) is 2. The summed E-state index contributed by atoms with van der Waals surface area (Å²) in [6, 6.07) is 7.42. The summed E-state index contributed by atoms with van der Waals surface area (Å²) in [5, 5.41) is 0. The van der Waals surface area contributed by atoms with Crippen molar-refractivity contribution < 1.29 is 22.7 Å². The first-order valence-electron chi connectivity index (χ1n) is 8.12. The lowest BCUT2D eigenvalue weighted by molar-refractivity contribution is -0.128. The van der Waals surface area contributed by atoms with Gasteiger partial charge < -0.3 is 9.64 Å². The van der Waals surface area contributed by atoms with Gasteiger partial charge in [0.15, 0.2) is 0 Å². The van der Waals surface area contributed by atoms with Gasteiger partial charge in [-0.05, 0) is 31.2 Å². The standard InChI is InChI=1S/C18H22F3NO2/c1-2-24-13-14-7-6-10-22(12-14)17(23)11-16(18(19,20)21)15-8-4-3-5-9-15/h3-5,8-9,11,14H,2,6-7,10,12-13H2,1H3. The second-order valence-corrected chi connectivity index (χ2v) is 5.87. The Morgan fingerprint density at radius 1 is 1.33 bits per heavy atom. The predicted molar refractivity (Wildman–Crippen MR) is 86.3 cm³/mol. The molecule has 0 aliphatic carbocycles. The number of amides is 1. The van der Waals surface area contributed by atoms with Crippen LogP contribution in [0.1, 0.15) is 25.3 Å². The van der Waals surface area contributed by atoms with Gasteiger partial charge in [0.1, 0.15) is 0 Å². The molecule has 0 N–H and O–H groups in total. The average molecular weight is 341 g/mol. The fraction of sp³-hybridized carbons (Fsp3) is 0.500. The van der Waals surface area contributed by atoms with Gasteiger partial charge in [0.25, 0.3) is 0 Å². The molecule has 1 unspecified atom stereocenters. The van der Waals surface area contributed by atoms with E-state index in [-0.39, 0.29) is 11.5 Å². The van der Waals surface area contributed by atoms with Crippen molar-refractivity contribution in [1.82, 2.24) is 4.90 Å². The van der Waals surface area contributed by atoms with E-state index in [1.54, 1.807) is 6.07 Å². The number of likely N-dealkylation sites (tertiary alicyclic amines) is 1. The summed E-state index contributed by atoms with van der Waals surface area (Å²) >= 11 is 0. The van der Waals surface area contributed by atoms with E-state index in [1.165, 1.54) is 29.2 Å². The number of carbonyl (C=O) groups is 1. The van der Waals surface area contributed by atoms with Crippen LogP contribution in [0.25, 0.3) is 5.57 Å². The van der Waals surface area contributed by atoms with Crippen molar-refractivity contribution in [2.75, 3.05) is 26.3 Å². The van der Waals surface area contributed by atoms with Crippen molar-refractivity contribution in [3.63, 3.8) is 0 Å². The molecular weight excluding hydrogens is 319 g/mol. The molecule has 1 aliphatic heterocycles. The number of allylic oxidation sites excluding steroid dienone is 1. The number of carbonyl (C=O) groups excluding carboxylic acids is 1. The number of rotatable bonds is 5. The van der Waals surface area contributed by atoms with Crippen molar-refractivity contribution in [2.24, 2.45) is 5.92 Å². The molecule has 0 aromatic heterocycles. The number of ether oxygens (including phenoxy) is 1. The van der Waals surface area contributed by atoms with Crippen LogP contribution in [0.5, 0.6) is 0 Å². The molecule has 0 saturated carbocycles. The van der Waals surface area contributed by atoms with Crippen LogP contribution in [0.15, 0.2) is 36.4 Å². The van der Waals surface area contributed by atoms with E-state index >= 15 is 0 Å². The topological polar surface area (TPSA) is 29.5 Å². The van der Waals surface area contributed by atoms with Crippen molar-refractivity contribution >= 4 is 11.5 Å². The van der Waals surface area contributed by atoms with Crippen LogP contribution in [0, 0.1) is 5.92 Å². The number of hydrogen-bond donors (Lipinski definition) is 0. The highest BCUT2D eigenvalue weighted by molar-refractivity contribution is 5.96. The molecule has 2 rings (SSSR count). The summed E-state index contributed by atoms with van der Waals surface area (Å²) in [5.41, 5.74) is -0.902. The zero-order valence-corrected chi connectivity index (χ0v) is 13.7. The number of nitrogens with zero attached hydrogens (tertiary/aromatic N) is 1. The molecule has 0 radical (unpaired) electrons. The van der Waals surface area contributed by atoms with Gasteiger partial charge >= 0.3 is 6.18 Å². The van der Waals surface area contributed by atoms with Crippen molar-refractivity contribution in [1.29, 1.82) is 0 Å². The van der Waals surface area contributed by atoms with E-state index < -0.39 is 17.7 Å². The monoisotopic (exact) mass is 341 g/mol. The van der Waals surface area contributed by atoms with Crippen LogP contribution in [0.4, 0.5) is 13.2 Å². The van der Waals surface area contributed by atoms with Crippen LogP contribution in [0.2, 0.25) is 0 Å². The molecule has 6 heteroatoms. The molecule has 1 heterocycles. The normalized spacial score (nSPS) is 19.4. The minimum Gasteiger partial charge on any atom is -0.381 e. The zero-order valence-electron chi connectivity index (χ0n) is 13.7. The Labute approximate surface area is 140 Å². The fourth-order valence-electron chi connectivity index (χ4n) is 2.85. The maximum absolute atomic E-state index is 13.3. The Balaban J connectivity index is 2.15. The summed E-state index contributed by atoms with van der Waals surface area (Å²) in [5.74, 6) is -0.408. The van der Waals surface area contributed by atoms with Crippen LogP contribution < -0.4 is 0 Å². The summed E-state index contributed by atoms with van der Waals surface area (Å²) in [4.78, 5) is 13.8. The van der Waals surface area contributed by atoms with Gasteiger partial charge in [0, 0.05) is 25.8 Å². The lowest BCUT2D eigenvalue weighted by Crippen LogP contribution is -2.40. The highest BCUT2D eigenvalue weighted by atomic mass is 19.4. The largest absolute Gasteiger partial charge is 0.417 e. The molecule has 132 valence electrons. The Bertz CT molecular complexity index is 569.